The monoisotopic (exact) mass is 279 g/mol. The highest BCUT2D eigenvalue weighted by molar-refractivity contribution is 6.20. The van der Waals surface area contributed by atoms with E-state index in [2.05, 4.69) is 4.98 Å². The quantitative estimate of drug-likeness (QED) is 0.483. The van der Waals surface area contributed by atoms with Gasteiger partial charge in [-0.05, 0) is 32.4 Å². The predicted molar refractivity (Wildman–Crippen MR) is 70.3 cm³/mol. The van der Waals surface area contributed by atoms with E-state index in [1.165, 1.54) is 18.3 Å². The normalized spacial score (nSPS) is 13.3. The van der Waals surface area contributed by atoms with Gasteiger partial charge in [0, 0.05) is 17.5 Å². The van der Waals surface area contributed by atoms with E-state index in [9.17, 15) is 14.4 Å². The topological polar surface area (TPSA) is 93.6 Å². The molecule has 1 heterocycles. The Kier molecular flexibility index (Phi) is 5.37. The highest BCUT2D eigenvalue weighted by Gasteiger charge is 2.37. The summed E-state index contributed by atoms with van der Waals surface area (Å²) in [5, 5.41) is 9.11. The third kappa shape index (κ3) is 3.63. The predicted octanol–water partition coefficient (Wildman–Crippen LogP) is 1.62. The van der Waals surface area contributed by atoms with Crippen LogP contribution in [-0.4, -0.2) is 33.9 Å². The fourth-order valence-corrected chi connectivity index (χ4v) is 1.57. The van der Waals surface area contributed by atoms with Crippen molar-refractivity contribution in [1.82, 2.24) is 4.98 Å². The summed E-state index contributed by atoms with van der Waals surface area (Å²) in [6, 6.07) is 2.95. The first-order valence-corrected chi connectivity index (χ1v) is 6.27. The van der Waals surface area contributed by atoms with Crippen LogP contribution in [0.2, 0.25) is 0 Å². The molecule has 0 aromatic carbocycles. The van der Waals surface area contributed by atoms with Gasteiger partial charge in [0.05, 0.1) is 6.10 Å². The number of hydrogen-bond donors (Lipinski definition) is 1. The van der Waals surface area contributed by atoms with Crippen molar-refractivity contribution in [2.75, 3.05) is 0 Å². The van der Waals surface area contributed by atoms with E-state index in [1.54, 1.807) is 20.8 Å². The summed E-state index contributed by atoms with van der Waals surface area (Å²) in [5.41, 5.74) is 0.487. The smallest absolute Gasteiger partial charge is 0.328 e. The van der Waals surface area contributed by atoms with E-state index in [0.717, 1.165) is 0 Å². The summed E-state index contributed by atoms with van der Waals surface area (Å²) >= 11 is 0. The van der Waals surface area contributed by atoms with Crippen LogP contribution in [-0.2, 0) is 14.3 Å². The van der Waals surface area contributed by atoms with Crippen molar-refractivity contribution in [1.29, 1.82) is 0 Å². The van der Waals surface area contributed by atoms with Crippen LogP contribution in [0.25, 0.3) is 0 Å². The number of Topliss-reactive ketones (excluding diaryl/α,β-unsaturated/α-hetero) is 1. The molecule has 0 aliphatic carbocycles. The van der Waals surface area contributed by atoms with Crippen molar-refractivity contribution < 1.29 is 24.2 Å². The van der Waals surface area contributed by atoms with Gasteiger partial charge in [-0.1, -0.05) is 6.92 Å². The van der Waals surface area contributed by atoms with E-state index in [1.807, 2.05) is 0 Å². The molecule has 0 saturated heterocycles. The van der Waals surface area contributed by atoms with Crippen molar-refractivity contribution in [2.24, 2.45) is 5.92 Å². The lowest BCUT2D eigenvalue weighted by Crippen LogP contribution is -2.35. The molecule has 1 rings (SSSR count). The molecule has 0 aliphatic rings. The average molecular weight is 279 g/mol. The molecule has 2 atom stereocenters. The van der Waals surface area contributed by atoms with E-state index >= 15 is 0 Å². The second-order valence-corrected chi connectivity index (χ2v) is 4.43. The molecule has 2 unspecified atom stereocenters. The van der Waals surface area contributed by atoms with Crippen LogP contribution in [0.3, 0.4) is 0 Å². The Balaban J connectivity index is 3.03. The summed E-state index contributed by atoms with van der Waals surface area (Å²) < 4.78 is 4.94. The molecule has 6 nitrogen and oxygen atoms in total. The Morgan fingerprint density at radius 3 is 2.55 bits per heavy atom. The van der Waals surface area contributed by atoms with Gasteiger partial charge in [-0.2, -0.15) is 0 Å². The van der Waals surface area contributed by atoms with Gasteiger partial charge < -0.3 is 9.84 Å². The fourth-order valence-electron chi connectivity index (χ4n) is 1.57. The number of hydrogen-bond acceptors (Lipinski definition) is 5. The standard InChI is InChI=1S/C14H17NO5/c1-4-8(2)20-14(19)11(13(17)18)12(16)10-6-5-7-15-9(10)3/h5-8,11H,4H2,1-3H3,(H,17,18). The third-order valence-electron chi connectivity index (χ3n) is 2.91. The molecule has 1 N–H and O–H groups in total. The lowest BCUT2D eigenvalue weighted by Gasteiger charge is -2.15. The Labute approximate surface area is 116 Å². The number of esters is 1. The molecule has 0 amide bonds. The van der Waals surface area contributed by atoms with Crippen LogP contribution in [0.5, 0.6) is 0 Å². The van der Waals surface area contributed by atoms with Crippen LogP contribution in [0.1, 0.15) is 36.3 Å². The minimum absolute atomic E-state index is 0.112. The first kappa shape index (κ1) is 15.8. The molecular formula is C14H17NO5. The molecule has 1 aromatic rings. The van der Waals surface area contributed by atoms with Crippen LogP contribution in [0.15, 0.2) is 18.3 Å². The zero-order chi connectivity index (χ0) is 15.3. The van der Waals surface area contributed by atoms with Gasteiger partial charge in [-0.3, -0.25) is 19.4 Å². The number of carboxylic acids is 1. The van der Waals surface area contributed by atoms with E-state index in [0.29, 0.717) is 12.1 Å². The van der Waals surface area contributed by atoms with Gasteiger partial charge in [0.2, 0.25) is 5.92 Å². The van der Waals surface area contributed by atoms with Gasteiger partial charge in [-0.15, -0.1) is 0 Å². The Morgan fingerprint density at radius 2 is 2.05 bits per heavy atom. The molecule has 20 heavy (non-hydrogen) atoms. The van der Waals surface area contributed by atoms with Crippen LogP contribution >= 0.6 is 0 Å². The van der Waals surface area contributed by atoms with Gasteiger partial charge in [0.1, 0.15) is 0 Å². The second kappa shape index (κ2) is 6.79. The number of ketones is 1. The Morgan fingerprint density at radius 1 is 1.40 bits per heavy atom. The highest BCUT2D eigenvalue weighted by Crippen LogP contribution is 2.15. The number of nitrogens with zero attached hydrogens (tertiary/aromatic N) is 1. The molecule has 0 radical (unpaired) electrons. The summed E-state index contributed by atoms with van der Waals surface area (Å²) in [6.45, 7) is 5.00. The summed E-state index contributed by atoms with van der Waals surface area (Å²) in [4.78, 5) is 39.1. The lowest BCUT2D eigenvalue weighted by atomic mass is 9.97. The number of aromatic nitrogens is 1. The third-order valence-corrected chi connectivity index (χ3v) is 2.91. The zero-order valence-corrected chi connectivity index (χ0v) is 11.6. The number of rotatable bonds is 6. The minimum Gasteiger partial charge on any atom is -0.480 e. The fraction of sp³-hybridized carbons (Fsp3) is 0.429. The van der Waals surface area contributed by atoms with Crippen molar-refractivity contribution in [3.05, 3.63) is 29.6 Å². The second-order valence-electron chi connectivity index (χ2n) is 4.43. The highest BCUT2D eigenvalue weighted by atomic mass is 16.5. The van der Waals surface area contributed by atoms with Gasteiger partial charge in [-0.25, -0.2) is 0 Å². The van der Waals surface area contributed by atoms with Crippen LogP contribution in [0.4, 0.5) is 0 Å². The van der Waals surface area contributed by atoms with Gasteiger partial charge >= 0.3 is 11.9 Å². The van der Waals surface area contributed by atoms with Crippen molar-refractivity contribution >= 4 is 17.7 Å². The molecular weight excluding hydrogens is 262 g/mol. The number of carbonyl (C=O) groups is 3. The van der Waals surface area contributed by atoms with Crippen molar-refractivity contribution in [3.8, 4) is 0 Å². The maximum atomic E-state index is 12.2. The van der Waals surface area contributed by atoms with Crippen LogP contribution < -0.4 is 0 Å². The molecule has 1 aromatic heterocycles. The summed E-state index contributed by atoms with van der Waals surface area (Å²) in [5.74, 6) is -5.23. The Bertz CT molecular complexity index is 526. The SMILES string of the molecule is CCC(C)OC(=O)C(C(=O)O)C(=O)c1cccnc1C. The number of carboxylic acid groups (broad SMARTS) is 1. The molecule has 0 spiro atoms. The van der Waals surface area contributed by atoms with Crippen molar-refractivity contribution in [2.45, 2.75) is 33.3 Å². The first-order valence-electron chi connectivity index (χ1n) is 6.27. The molecule has 0 fully saturated rings. The molecule has 6 heteroatoms. The number of aryl methyl sites for hydroxylation is 1. The number of aliphatic carboxylic acids is 1. The molecule has 108 valence electrons. The number of ether oxygens (including phenoxy) is 1. The maximum absolute atomic E-state index is 12.2. The maximum Gasteiger partial charge on any atom is 0.328 e. The molecule has 0 saturated carbocycles. The Hall–Kier alpha value is -2.24. The first-order chi connectivity index (χ1) is 9.38. The molecule has 0 aliphatic heterocycles. The lowest BCUT2D eigenvalue weighted by molar-refractivity contribution is -0.159. The van der Waals surface area contributed by atoms with Crippen LogP contribution in [0, 0.1) is 12.8 Å². The molecule has 0 bridgehead atoms. The van der Waals surface area contributed by atoms with E-state index in [4.69, 9.17) is 9.84 Å². The average Bonchev–Trinajstić information content (AvgIpc) is 2.38. The van der Waals surface area contributed by atoms with Crippen molar-refractivity contribution in [3.63, 3.8) is 0 Å². The van der Waals surface area contributed by atoms with Gasteiger partial charge in [0.15, 0.2) is 5.78 Å². The van der Waals surface area contributed by atoms with E-state index < -0.39 is 29.7 Å². The number of carbonyl (C=O) groups excluding carboxylic acids is 2. The minimum atomic E-state index is -1.85. The summed E-state index contributed by atoms with van der Waals surface area (Å²) in [6.07, 6.45) is 1.59. The zero-order valence-electron chi connectivity index (χ0n) is 11.6. The van der Waals surface area contributed by atoms with Gasteiger partial charge in [0.25, 0.3) is 0 Å². The van der Waals surface area contributed by atoms with E-state index in [-0.39, 0.29) is 5.56 Å². The summed E-state index contributed by atoms with van der Waals surface area (Å²) in [7, 11) is 0. The largest absolute Gasteiger partial charge is 0.480 e. The number of pyridine rings is 1.